The summed E-state index contributed by atoms with van der Waals surface area (Å²) in [6.45, 7) is 4.51. The Labute approximate surface area is 165 Å². The molecule has 0 radical (unpaired) electrons. The van der Waals surface area contributed by atoms with Gasteiger partial charge in [-0.25, -0.2) is 0 Å². The number of morpholine rings is 1. The number of benzene rings is 2. The van der Waals surface area contributed by atoms with Gasteiger partial charge in [0.1, 0.15) is 6.61 Å². The van der Waals surface area contributed by atoms with Crippen molar-refractivity contribution in [3.05, 3.63) is 53.6 Å². The van der Waals surface area contributed by atoms with Crippen LogP contribution in [0.25, 0.3) is 0 Å². The first-order valence-corrected chi connectivity index (χ1v) is 9.72. The first-order chi connectivity index (χ1) is 13.7. The number of hydrogen-bond acceptors (Lipinski definition) is 5. The Morgan fingerprint density at radius 3 is 2.82 bits per heavy atom. The van der Waals surface area contributed by atoms with E-state index in [0.29, 0.717) is 18.8 Å². The average molecular weight is 382 g/mol. The molecule has 148 valence electrons. The lowest BCUT2D eigenvalue weighted by Gasteiger charge is -2.28. The monoisotopic (exact) mass is 382 g/mol. The van der Waals surface area contributed by atoms with Crippen molar-refractivity contribution < 1.29 is 19.0 Å². The van der Waals surface area contributed by atoms with Gasteiger partial charge < -0.3 is 19.5 Å². The lowest BCUT2D eigenvalue weighted by atomic mass is 9.95. The van der Waals surface area contributed by atoms with E-state index in [1.165, 1.54) is 0 Å². The third kappa shape index (κ3) is 4.13. The van der Waals surface area contributed by atoms with E-state index in [1.54, 1.807) is 7.11 Å². The maximum absolute atomic E-state index is 12.9. The minimum Gasteiger partial charge on any atom is -0.493 e. The van der Waals surface area contributed by atoms with E-state index in [2.05, 4.69) is 16.3 Å². The Balaban J connectivity index is 1.44. The molecule has 0 spiro atoms. The highest BCUT2D eigenvalue weighted by Crippen LogP contribution is 2.36. The summed E-state index contributed by atoms with van der Waals surface area (Å²) < 4.78 is 16.6. The minimum absolute atomic E-state index is 0.0112. The van der Waals surface area contributed by atoms with Crippen molar-refractivity contribution in [1.29, 1.82) is 0 Å². The highest BCUT2D eigenvalue weighted by atomic mass is 16.5. The second-order valence-electron chi connectivity index (χ2n) is 7.20. The topological polar surface area (TPSA) is 60.0 Å². The Bertz CT molecular complexity index is 833. The fourth-order valence-electron chi connectivity index (χ4n) is 3.74. The number of carbonyl (C=O) groups is 1. The van der Waals surface area contributed by atoms with E-state index >= 15 is 0 Å². The van der Waals surface area contributed by atoms with Gasteiger partial charge in [0.2, 0.25) is 5.91 Å². The number of methoxy groups -OCH3 is 1. The molecule has 2 heterocycles. The van der Waals surface area contributed by atoms with Crippen molar-refractivity contribution in [3.8, 4) is 11.5 Å². The van der Waals surface area contributed by atoms with E-state index < -0.39 is 0 Å². The zero-order chi connectivity index (χ0) is 19.3. The Morgan fingerprint density at radius 1 is 1.18 bits per heavy atom. The van der Waals surface area contributed by atoms with Crippen molar-refractivity contribution >= 4 is 11.6 Å². The summed E-state index contributed by atoms with van der Waals surface area (Å²) in [5, 5.41) is 3.12. The summed E-state index contributed by atoms with van der Waals surface area (Å²) in [4.78, 5) is 15.3. The predicted octanol–water partition coefficient (Wildman–Crippen LogP) is 2.72. The molecule has 0 aromatic heterocycles. The molecule has 1 fully saturated rings. The van der Waals surface area contributed by atoms with Gasteiger partial charge >= 0.3 is 0 Å². The third-order valence-electron chi connectivity index (χ3n) is 5.32. The van der Waals surface area contributed by atoms with Crippen LogP contribution in [0, 0.1) is 5.92 Å². The van der Waals surface area contributed by atoms with Gasteiger partial charge in [0, 0.05) is 25.3 Å². The molecule has 6 heteroatoms. The molecule has 2 aliphatic rings. The summed E-state index contributed by atoms with van der Waals surface area (Å²) in [6, 6.07) is 13.8. The standard InChI is InChI=1S/C22H26N2O4/c1-26-20-8-4-6-16-13-18(15-28-21(16)20)22(25)23-19-7-3-2-5-17(19)14-24-9-11-27-12-10-24/h2-8,18H,9-15H2,1H3,(H,23,25). The summed E-state index contributed by atoms with van der Waals surface area (Å²) >= 11 is 0. The van der Waals surface area contributed by atoms with Crippen molar-refractivity contribution in [3.63, 3.8) is 0 Å². The van der Waals surface area contributed by atoms with Crippen molar-refractivity contribution in [2.75, 3.05) is 45.3 Å². The highest BCUT2D eigenvalue weighted by Gasteiger charge is 2.28. The zero-order valence-corrected chi connectivity index (χ0v) is 16.1. The van der Waals surface area contributed by atoms with Crippen LogP contribution in [0.4, 0.5) is 5.69 Å². The molecule has 28 heavy (non-hydrogen) atoms. The Hall–Kier alpha value is -2.57. The normalized spacial score (nSPS) is 19.4. The summed E-state index contributed by atoms with van der Waals surface area (Å²) in [6.07, 6.45) is 0.643. The largest absolute Gasteiger partial charge is 0.493 e. The number of nitrogens with zero attached hydrogens (tertiary/aromatic N) is 1. The third-order valence-corrected chi connectivity index (χ3v) is 5.32. The molecule has 1 amide bonds. The van der Waals surface area contributed by atoms with Crippen LogP contribution in [0.2, 0.25) is 0 Å². The van der Waals surface area contributed by atoms with E-state index in [-0.39, 0.29) is 11.8 Å². The molecule has 1 N–H and O–H groups in total. The quantitative estimate of drug-likeness (QED) is 0.862. The van der Waals surface area contributed by atoms with E-state index in [4.69, 9.17) is 14.2 Å². The van der Waals surface area contributed by atoms with Crippen LogP contribution in [0.3, 0.4) is 0 Å². The maximum Gasteiger partial charge on any atom is 0.231 e. The summed E-state index contributed by atoms with van der Waals surface area (Å²) in [7, 11) is 1.63. The SMILES string of the molecule is COc1cccc2c1OCC(C(=O)Nc1ccccc1CN1CCOCC1)C2. The lowest BCUT2D eigenvalue weighted by Crippen LogP contribution is -2.36. The molecular formula is C22H26N2O4. The second-order valence-corrected chi connectivity index (χ2v) is 7.20. The number of rotatable bonds is 5. The first kappa shape index (κ1) is 18.8. The van der Waals surface area contributed by atoms with Gasteiger partial charge in [-0.2, -0.15) is 0 Å². The van der Waals surface area contributed by atoms with Gasteiger partial charge in [0.05, 0.1) is 26.2 Å². The molecule has 1 unspecified atom stereocenters. The molecule has 6 nitrogen and oxygen atoms in total. The molecular weight excluding hydrogens is 356 g/mol. The van der Waals surface area contributed by atoms with Gasteiger partial charge in [0.25, 0.3) is 0 Å². The van der Waals surface area contributed by atoms with E-state index in [0.717, 1.165) is 55.4 Å². The van der Waals surface area contributed by atoms with Gasteiger partial charge in [0.15, 0.2) is 11.5 Å². The molecule has 4 rings (SSSR count). The van der Waals surface area contributed by atoms with Crippen molar-refractivity contribution in [2.24, 2.45) is 5.92 Å². The highest BCUT2D eigenvalue weighted by molar-refractivity contribution is 5.93. The van der Waals surface area contributed by atoms with Crippen LogP contribution in [0.15, 0.2) is 42.5 Å². The van der Waals surface area contributed by atoms with E-state index in [9.17, 15) is 4.79 Å². The number of amides is 1. The number of para-hydroxylation sites is 2. The number of carbonyl (C=O) groups excluding carboxylic acids is 1. The van der Waals surface area contributed by atoms with E-state index in [1.807, 2.05) is 36.4 Å². The zero-order valence-electron chi connectivity index (χ0n) is 16.1. The van der Waals surface area contributed by atoms with Crippen molar-refractivity contribution in [1.82, 2.24) is 4.90 Å². The molecule has 2 aliphatic heterocycles. The fraction of sp³-hybridized carbons (Fsp3) is 0.409. The lowest BCUT2D eigenvalue weighted by molar-refractivity contribution is -0.121. The number of nitrogens with one attached hydrogen (secondary N) is 1. The Morgan fingerprint density at radius 2 is 2.00 bits per heavy atom. The first-order valence-electron chi connectivity index (χ1n) is 9.72. The summed E-state index contributed by atoms with van der Waals surface area (Å²) in [5.74, 6) is 1.23. The molecule has 2 aromatic carbocycles. The number of hydrogen-bond donors (Lipinski definition) is 1. The fourth-order valence-corrected chi connectivity index (χ4v) is 3.74. The van der Waals surface area contributed by atoms with Gasteiger partial charge in [-0.1, -0.05) is 30.3 Å². The predicted molar refractivity (Wildman–Crippen MR) is 107 cm³/mol. The molecule has 2 aromatic rings. The van der Waals surface area contributed by atoms with Gasteiger partial charge in [-0.15, -0.1) is 0 Å². The number of fused-ring (bicyclic) bond motifs is 1. The van der Waals surface area contributed by atoms with Crippen LogP contribution in [0.1, 0.15) is 11.1 Å². The van der Waals surface area contributed by atoms with Crippen LogP contribution in [0.5, 0.6) is 11.5 Å². The smallest absolute Gasteiger partial charge is 0.231 e. The van der Waals surface area contributed by atoms with Crippen LogP contribution in [-0.2, 0) is 22.5 Å². The Kier molecular flexibility index (Phi) is 5.78. The number of ether oxygens (including phenoxy) is 3. The van der Waals surface area contributed by atoms with Crippen LogP contribution in [-0.4, -0.2) is 50.8 Å². The summed E-state index contributed by atoms with van der Waals surface area (Å²) in [5.41, 5.74) is 3.00. The molecule has 0 saturated carbocycles. The van der Waals surface area contributed by atoms with Crippen LogP contribution < -0.4 is 14.8 Å². The van der Waals surface area contributed by atoms with Gasteiger partial charge in [-0.3, -0.25) is 9.69 Å². The van der Waals surface area contributed by atoms with Crippen molar-refractivity contribution in [2.45, 2.75) is 13.0 Å². The molecule has 0 aliphatic carbocycles. The minimum atomic E-state index is -0.226. The van der Waals surface area contributed by atoms with Crippen LogP contribution >= 0.6 is 0 Å². The molecule has 1 atom stereocenters. The second kappa shape index (κ2) is 8.63. The average Bonchev–Trinajstić information content (AvgIpc) is 2.75. The number of anilines is 1. The molecule has 0 bridgehead atoms. The van der Waals surface area contributed by atoms with Gasteiger partial charge in [-0.05, 0) is 29.7 Å². The maximum atomic E-state index is 12.9. The molecule has 1 saturated heterocycles.